The fraction of sp³-hybridized carbons (Fsp3) is 0.344. The van der Waals surface area contributed by atoms with Crippen molar-refractivity contribution >= 4 is 103 Å². The first-order chi connectivity index (χ1) is 42.0. The fourth-order valence-electron chi connectivity index (χ4n) is 10.9. The van der Waals surface area contributed by atoms with E-state index in [1.165, 1.54) is 53.4 Å². The number of cyclic esters (lactones) is 1. The van der Waals surface area contributed by atoms with Gasteiger partial charge in [0.25, 0.3) is 15.6 Å². The van der Waals surface area contributed by atoms with Gasteiger partial charge in [-0.1, -0.05) is 52.8 Å². The molecule has 6 amide bonds. The van der Waals surface area contributed by atoms with Crippen LogP contribution in [0.4, 0.5) is 32.3 Å². The molecule has 0 radical (unpaired) electrons. The quantitative estimate of drug-likeness (QED) is 0.0213. The highest BCUT2D eigenvalue weighted by molar-refractivity contribution is 7.92. The van der Waals surface area contributed by atoms with E-state index in [9.17, 15) is 57.0 Å². The average molecular weight is 1240 g/mol. The highest BCUT2D eigenvalue weighted by Crippen LogP contribution is 2.41. The van der Waals surface area contributed by atoms with Gasteiger partial charge in [0.2, 0.25) is 11.8 Å². The van der Waals surface area contributed by atoms with Gasteiger partial charge in [-0.05, 0) is 140 Å². The van der Waals surface area contributed by atoms with Crippen LogP contribution in [-0.4, -0.2) is 112 Å². The van der Waals surface area contributed by atoms with Crippen molar-refractivity contribution in [2.24, 2.45) is 5.92 Å². The smallest absolute Gasteiger partial charge is 0.343 e. The van der Waals surface area contributed by atoms with Gasteiger partial charge in [-0.15, -0.1) is 0 Å². The summed E-state index contributed by atoms with van der Waals surface area (Å²) < 4.78 is 42.0. The summed E-state index contributed by atoms with van der Waals surface area (Å²) in [5, 5.41) is 41.0. The van der Waals surface area contributed by atoms with Crippen LogP contribution in [0.5, 0.6) is 5.75 Å². The maximum Gasteiger partial charge on any atom is 0.343 e. The number of carbonyl (C=O) groups excluding carboxylic acids is 6. The lowest BCUT2D eigenvalue weighted by atomic mass is 9.86. The van der Waals surface area contributed by atoms with Gasteiger partial charge < -0.3 is 66.4 Å². The van der Waals surface area contributed by atoms with Crippen molar-refractivity contribution in [2.45, 2.75) is 115 Å². The first-order valence-electron chi connectivity index (χ1n) is 28.7. The topological polar surface area (TPSA) is 347 Å². The Labute approximate surface area is 511 Å². The Kier molecular flexibility index (Phi) is 19.1. The SMILES string of the molecule is CCCNC(=O)Nc1cccc(S(=O)(=O)Nc2cccc(C(CC(=O)O)NC(=O)Nc3ccc(NC(=S)NCC(=O)N4CCC[C@H]4C(=O)N[C@H](C(=O)Oc4ccc5nc6c(c(CC)c5c4)Cn4c-6cc5c(c4=O)COC(=O)[C@]5(O)CC)C(C)C)cc3)c2)c1. The molecule has 2 aromatic heterocycles. The van der Waals surface area contributed by atoms with Crippen LogP contribution >= 0.6 is 12.2 Å². The molecule has 10 N–H and O–H groups in total. The van der Waals surface area contributed by atoms with Crippen LogP contribution in [0.3, 0.4) is 0 Å². The van der Waals surface area contributed by atoms with E-state index >= 15 is 0 Å². The maximum absolute atomic E-state index is 13.9. The van der Waals surface area contributed by atoms with Gasteiger partial charge in [0.05, 0.1) is 52.9 Å². The van der Waals surface area contributed by atoms with Crippen molar-refractivity contribution in [1.82, 2.24) is 35.7 Å². The van der Waals surface area contributed by atoms with Crippen molar-refractivity contribution in [2.75, 3.05) is 40.3 Å². The van der Waals surface area contributed by atoms with Crippen molar-refractivity contribution in [1.29, 1.82) is 0 Å². The molecule has 5 heterocycles. The molecular weight excluding hydrogens is 1170 g/mol. The van der Waals surface area contributed by atoms with Crippen molar-refractivity contribution < 1.29 is 61.7 Å². The minimum absolute atomic E-state index is 0.0108. The Morgan fingerprint density at radius 2 is 1.56 bits per heavy atom. The number of pyridine rings is 2. The number of sulfonamides is 1. The summed E-state index contributed by atoms with van der Waals surface area (Å²) in [7, 11) is -4.19. The Bertz CT molecular complexity index is 3950. The van der Waals surface area contributed by atoms with E-state index in [4.69, 9.17) is 26.7 Å². The molecule has 1 fully saturated rings. The molecular formula is C61H67N11O14S2. The number of ether oxygens (including phenoxy) is 2. The number of thiocarbonyl (C=S) groups is 1. The molecule has 27 heteroatoms. The third kappa shape index (κ3) is 13.9. The summed E-state index contributed by atoms with van der Waals surface area (Å²) in [6.07, 6.45) is 1.58. The molecule has 1 unspecified atom stereocenters. The monoisotopic (exact) mass is 1240 g/mol. The molecule has 0 bridgehead atoms. The van der Waals surface area contributed by atoms with Crippen LogP contribution in [0.2, 0.25) is 0 Å². The third-order valence-electron chi connectivity index (χ3n) is 15.4. The molecule has 3 aliphatic heterocycles. The molecule has 0 aliphatic carbocycles. The zero-order valence-corrected chi connectivity index (χ0v) is 50.4. The highest BCUT2D eigenvalue weighted by atomic mass is 32.2. The van der Waals surface area contributed by atoms with E-state index in [-0.39, 0.29) is 82.0 Å². The Balaban J connectivity index is 0.762. The number of hydrogen-bond donors (Lipinski definition) is 10. The first-order valence-corrected chi connectivity index (χ1v) is 30.6. The van der Waals surface area contributed by atoms with E-state index in [1.54, 1.807) is 73.9 Å². The number of nitrogens with one attached hydrogen (secondary N) is 8. The van der Waals surface area contributed by atoms with E-state index < -0.39 is 87.9 Å². The molecule has 6 aromatic rings. The van der Waals surface area contributed by atoms with Crippen LogP contribution < -0.4 is 52.2 Å². The van der Waals surface area contributed by atoms with E-state index in [2.05, 4.69) is 41.9 Å². The van der Waals surface area contributed by atoms with Gasteiger partial charge in [-0.2, -0.15) is 0 Å². The number of aryl methyl sites for hydroxylation is 1. The highest BCUT2D eigenvalue weighted by Gasteiger charge is 2.46. The molecule has 0 spiro atoms. The molecule has 25 nitrogen and oxygen atoms in total. The van der Waals surface area contributed by atoms with Crippen LogP contribution in [0, 0.1) is 5.92 Å². The first kappa shape index (κ1) is 63.0. The molecule has 3 aliphatic rings. The molecule has 88 heavy (non-hydrogen) atoms. The number of hydrogen-bond acceptors (Lipinski definition) is 15. The lowest BCUT2D eigenvalue weighted by Gasteiger charge is -2.31. The minimum Gasteiger partial charge on any atom is -0.481 e. The normalized spacial score (nSPS) is 16.4. The zero-order chi connectivity index (χ0) is 63.2. The van der Waals surface area contributed by atoms with Crippen molar-refractivity contribution in [3.63, 3.8) is 0 Å². The third-order valence-corrected chi connectivity index (χ3v) is 17.0. The summed E-state index contributed by atoms with van der Waals surface area (Å²) in [6.45, 7) is 9.39. The standard InChI is InChI=1S/C61H67N11O14S2/c1-6-23-62-58(80)65-37-13-10-15-40(26-37)88(83,84)70-38-14-9-12-34(25-38)47(29-51(74)75)68-59(81)64-35-17-19-36(20-18-35)66-60(87)63-30-50(73)71-24-11-16-48(71)54(76)69-52(33(4)5)56(78)86-39-21-22-46-42(27-39)41(7-2)43-31-72-49(53(43)67-46)28-45-44(55(72)77)32-85-57(79)61(45,82)8-3/h9-10,12-15,17-22,25-28,33,47-48,52,70,82H,6-8,11,16,23-24,29-32H2,1-5H3,(H,69,76)(H,74,75)(H2,62,65,80)(H2,63,66,87)(H2,64,68,81)/t47?,48-,52-,61-/m0/s1. The molecule has 462 valence electrons. The number of aliphatic hydroxyl groups is 1. The van der Waals surface area contributed by atoms with Gasteiger partial charge in [0.15, 0.2) is 10.7 Å². The number of urea groups is 2. The van der Waals surface area contributed by atoms with Crippen LogP contribution in [0.25, 0.3) is 22.3 Å². The largest absolute Gasteiger partial charge is 0.481 e. The zero-order valence-electron chi connectivity index (χ0n) is 48.8. The predicted molar refractivity (Wildman–Crippen MR) is 330 cm³/mol. The predicted octanol–water partition coefficient (Wildman–Crippen LogP) is 6.34. The van der Waals surface area contributed by atoms with E-state index in [0.717, 1.165) is 11.1 Å². The van der Waals surface area contributed by atoms with Gasteiger partial charge in [-0.3, -0.25) is 23.9 Å². The number of rotatable bonds is 21. The number of aromatic nitrogens is 2. The number of fused-ring (bicyclic) bond motifs is 5. The maximum atomic E-state index is 13.9. The molecule has 4 atom stereocenters. The molecule has 0 saturated carbocycles. The molecule has 1 saturated heterocycles. The number of benzene rings is 4. The van der Waals surface area contributed by atoms with Gasteiger partial charge in [0.1, 0.15) is 24.4 Å². The fourth-order valence-corrected chi connectivity index (χ4v) is 12.2. The van der Waals surface area contributed by atoms with Crippen molar-refractivity contribution in [3.05, 3.63) is 135 Å². The second-order valence-electron chi connectivity index (χ2n) is 21.7. The summed E-state index contributed by atoms with van der Waals surface area (Å²) in [5.41, 5.74) is 2.70. The number of carbonyl (C=O) groups is 7. The lowest BCUT2D eigenvalue weighted by Crippen LogP contribution is -2.54. The Morgan fingerprint density at radius 1 is 0.841 bits per heavy atom. The number of nitrogens with zero attached hydrogens (tertiary/aromatic N) is 3. The second kappa shape index (κ2) is 26.7. The number of carboxylic acids is 1. The summed E-state index contributed by atoms with van der Waals surface area (Å²) in [4.78, 5) is 112. The summed E-state index contributed by atoms with van der Waals surface area (Å²) >= 11 is 5.47. The lowest BCUT2D eigenvalue weighted by molar-refractivity contribution is -0.172. The number of carboxylic acid groups (broad SMARTS) is 1. The second-order valence-corrected chi connectivity index (χ2v) is 23.8. The van der Waals surface area contributed by atoms with Gasteiger partial charge in [-0.25, -0.2) is 32.6 Å². The molecule has 4 aromatic carbocycles. The van der Waals surface area contributed by atoms with Crippen LogP contribution in [-0.2, 0) is 63.9 Å². The van der Waals surface area contributed by atoms with E-state index in [1.807, 2.05) is 13.8 Å². The van der Waals surface area contributed by atoms with Crippen LogP contribution in [0.1, 0.15) is 101 Å². The minimum atomic E-state index is -4.19. The number of aliphatic carboxylic acids is 1. The van der Waals surface area contributed by atoms with Crippen LogP contribution in [0.15, 0.2) is 107 Å². The number of anilines is 4. The van der Waals surface area contributed by atoms with E-state index in [0.29, 0.717) is 65.9 Å². The number of esters is 2. The summed E-state index contributed by atoms with van der Waals surface area (Å²) in [6, 6.07) is 20.1. The molecule has 9 rings (SSSR count). The number of likely N-dealkylation sites (tertiary alicyclic amines) is 1. The van der Waals surface area contributed by atoms with Gasteiger partial charge >= 0.3 is 30.0 Å². The Morgan fingerprint density at radius 3 is 2.26 bits per heavy atom. The number of amides is 6. The summed E-state index contributed by atoms with van der Waals surface area (Å²) in [5.74, 6) is -3.94. The van der Waals surface area contributed by atoms with Gasteiger partial charge in [0, 0.05) is 52.4 Å². The average Bonchev–Trinajstić information content (AvgIpc) is 1.70. The Hall–Kier alpha value is -9.47. The van der Waals surface area contributed by atoms with Crippen molar-refractivity contribution in [3.8, 4) is 17.1 Å².